The van der Waals surface area contributed by atoms with Crippen LogP contribution in [0, 0.1) is 6.92 Å². The maximum atomic E-state index is 4.92. The predicted molar refractivity (Wildman–Crippen MR) is 82.6 cm³/mol. The second kappa shape index (κ2) is 11.9. The zero-order chi connectivity index (χ0) is 14.5. The third kappa shape index (κ3) is 9.08. The van der Waals surface area contributed by atoms with Gasteiger partial charge in [-0.15, -0.1) is 0 Å². The van der Waals surface area contributed by atoms with Crippen LogP contribution in [0.3, 0.4) is 0 Å². The number of aryl methyl sites for hydroxylation is 1. The summed E-state index contributed by atoms with van der Waals surface area (Å²) in [7, 11) is 0. The van der Waals surface area contributed by atoms with E-state index in [1.807, 2.05) is 6.92 Å². The van der Waals surface area contributed by atoms with E-state index >= 15 is 0 Å². The minimum atomic E-state index is 0.640. The third-order valence-electron chi connectivity index (χ3n) is 3.56. The highest BCUT2D eigenvalue weighted by Gasteiger charge is 2.00. The monoisotopic (exact) mass is 281 g/mol. The molecule has 0 radical (unpaired) electrons. The molecule has 1 heterocycles. The molecule has 0 aliphatic rings. The van der Waals surface area contributed by atoms with E-state index in [-0.39, 0.29) is 0 Å². The van der Waals surface area contributed by atoms with Gasteiger partial charge in [-0.2, -0.15) is 4.98 Å². The molecule has 0 unspecified atom stereocenters. The van der Waals surface area contributed by atoms with Crippen molar-refractivity contribution < 1.29 is 4.52 Å². The highest BCUT2D eigenvalue weighted by atomic mass is 16.5. The first kappa shape index (κ1) is 17.2. The molecule has 116 valence electrons. The van der Waals surface area contributed by atoms with Gasteiger partial charge in [0.25, 0.3) is 0 Å². The van der Waals surface area contributed by atoms with E-state index < -0.39 is 0 Å². The van der Waals surface area contributed by atoms with Gasteiger partial charge < -0.3 is 9.84 Å². The van der Waals surface area contributed by atoms with E-state index in [4.69, 9.17) is 4.52 Å². The van der Waals surface area contributed by atoms with Crippen LogP contribution < -0.4 is 5.32 Å². The van der Waals surface area contributed by atoms with Gasteiger partial charge >= 0.3 is 0 Å². The Morgan fingerprint density at radius 1 is 0.900 bits per heavy atom. The van der Waals surface area contributed by atoms with Crippen LogP contribution in [-0.2, 0) is 6.54 Å². The molecule has 0 saturated carbocycles. The molecule has 0 aliphatic carbocycles. The largest absolute Gasteiger partial charge is 0.340 e. The average Bonchev–Trinajstić information content (AvgIpc) is 2.86. The molecular weight excluding hydrogens is 250 g/mol. The van der Waals surface area contributed by atoms with Crippen LogP contribution in [-0.4, -0.2) is 16.7 Å². The van der Waals surface area contributed by atoms with Gasteiger partial charge in [0, 0.05) is 6.92 Å². The number of aromatic nitrogens is 2. The van der Waals surface area contributed by atoms with Crippen LogP contribution in [0.25, 0.3) is 0 Å². The van der Waals surface area contributed by atoms with Crippen molar-refractivity contribution in [2.45, 2.75) is 84.6 Å². The number of nitrogens with one attached hydrogen (secondary N) is 1. The number of nitrogens with zero attached hydrogens (tertiary/aromatic N) is 2. The van der Waals surface area contributed by atoms with Crippen molar-refractivity contribution in [1.29, 1.82) is 0 Å². The molecule has 0 aliphatic heterocycles. The highest BCUT2D eigenvalue weighted by molar-refractivity contribution is 4.82. The van der Waals surface area contributed by atoms with Gasteiger partial charge in [-0.25, -0.2) is 0 Å². The molecule has 0 atom stereocenters. The quantitative estimate of drug-likeness (QED) is 0.545. The molecule has 20 heavy (non-hydrogen) atoms. The average molecular weight is 281 g/mol. The molecule has 0 amide bonds. The molecule has 4 nitrogen and oxygen atoms in total. The normalized spacial score (nSPS) is 11.1. The molecular formula is C16H31N3O. The summed E-state index contributed by atoms with van der Waals surface area (Å²) in [6.07, 6.45) is 13.8. The van der Waals surface area contributed by atoms with Gasteiger partial charge in [-0.1, -0.05) is 69.9 Å². The Labute approximate surface area is 123 Å². The SMILES string of the molecule is CCCCCCCCCCCCNCc1noc(C)n1. The molecule has 0 spiro atoms. The van der Waals surface area contributed by atoms with E-state index in [2.05, 4.69) is 22.4 Å². The van der Waals surface area contributed by atoms with Gasteiger partial charge in [0.15, 0.2) is 5.82 Å². The fraction of sp³-hybridized carbons (Fsp3) is 0.875. The Morgan fingerprint density at radius 3 is 2.05 bits per heavy atom. The summed E-state index contributed by atoms with van der Waals surface area (Å²) >= 11 is 0. The summed E-state index contributed by atoms with van der Waals surface area (Å²) in [5.41, 5.74) is 0. The third-order valence-corrected chi connectivity index (χ3v) is 3.56. The number of unbranched alkanes of at least 4 members (excludes halogenated alkanes) is 9. The summed E-state index contributed by atoms with van der Waals surface area (Å²) in [6, 6.07) is 0. The number of hydrogen-bond acceptors (Lipinski definition) is 4. The highest BCUT2D eigenvalue weighted by Crippen LogP contribution is 2.10. The molecule has 1 N–H and O–H groups in total. The molecule has 1 aromatic heterocycles. The van der Waals surface area contributed by atoms with Crippen molar-refractivity contribution in [3.05, 3.63) is 11.7 Å². The zero-order valence-electron chi connectivity index (χ0n) is 13.3. The first-order valence-electron chi connectivity index (χ1n) is 8.33. The van der Waals surface area contributed by atoms with Crippen molar-refractivity contribution in [1.82, 2.24) is 15.5 Å². The first-order valence-corrected chi connectivity index (χ1v) is 8.33. The van der Waals surface area contributed by atoms with Crippen LogP contribution in [0.2, 0.25) is 0 Å². The zero-order valence-corrected chi connectivity index (χ0v) is 13.3. The smallest absolute Gasteiger partial charge is 0.223 e. The van der Waals surface area contributed by atoms with E-state index in [9.17, 15) is 0 Å². The lowest BCUT2D eigenvalue weighted by atomic mass is 10.1. The molecule has 0 saturated heterocycles. The Bertz CT molecular complexity index is 325. The lowest BCUT2D eigenvalue weighted by Crippen LogP contribution is -2.15. The maximum absolute atomic E-state index is 4.92. The Morgan fingerprint density at radius 2 is 1.50 bits per heavy atom. The molecule has 1 aromatic rings. The van der Waals surface area contributed by atoms with Gasteiger partial charge in [0.05, 0.1) is 6.54 Å². The van der Waals surface area contributed by atoms with Crippen molar-refractivity contribution in [2.75, 3.05) is 6.54 Å². The Balaban J connectivity index is 1.76. The predicted octanol–water partition coefficient (Wildman–Crippen LogP) is 4.39. The van der Waals surface area contributed by atoms with Crippen LogP contribution in [0.15, 0.2) is 4.52 Å². The Hall–Kier alpha value is -0.900. The van der Waals surface area contributed by atoms with E-state index in [0.29, 0.717) is 5.89 Å². The van der Waals surface area contributed by atoms with Gasteiger partial charge in [-0.05, 0) is 13.0 Å². The standard InChI is InChI=1S/C16H31N3O/c1-3-4-5-6-7-8-9-10-11-12-13-17-14-16-18-15(2)20-19-16/h17H,3-14H2,1-2H3. The topological polar surface area (TPSA) is 51.0 Å². The van der Waals surface area contributed by atoms with Crippen LogP contribution in [0.5, 0.6) is 0 Å². The van der Waals surface area contributed by atoms with Crippen molar-refractivity contribution in [3.63, 3.8) is 0 Å². The van der Waals surface area contributed by atoms with E-state index in [1.165, 1.54) is 64.2 Å². The fourth-order valence-corrected chi connectivity index (χ4v) is 2.35. The molecule has 0 aromatic carbocycles. The summed E-state index contributed by atoms with van der Waals surface area (Å²) in [5.74, 6) is 1.40. The van der Waals surface area contributed by atoms with Gasteiger partial charge in [-0.3, -0.25) is 0 Å². The number of rotatable bonds is 13. The van der Waals surface area contributed by atoms with Crippen LogP contribution in [0.4, 0.5) is 0 Å². The minimum absolute atomic E-state index is 0.640. The summed E-state index contributed by atoms with van der Waals surface area (Å²) in [4.78, 5) is 4.16. The lowest BCUT2D eigenvalue weighted by Gasteiger charge is -2.03. The maximum Gasteiger partial charge on any atom is 0.223 e. The number of hydrogen-bond donors (Lipinski definition) is 1. The van der Waals surface area contributed by atoms with Crippen LogP contribution in [0.1, 0.15) is 82.8 Å². The lowest BCUT2D eigenvalue weighted by molar-refractivity contribution is 0.385. The molecule has 0 bridgehead atoms. The second-order valence-corrected chi connectivity index (χ2v) is 5.59. The molecule has 1 rings (SSSR count). The van der Waals surface area contributed by atoms with Gasteiger partial charge in [0.1, 0.15) is 0 Å². The van der Waals surface area contributed by atoms with Gasteiger partial charge in [0.2, 0.25) is 5.89 Å². The Kier molecular flexibility index (Phi) is 10.2. The van der Waals surface area contributed by atoms with Crippen molar-refractivity contribution >= 4 is 0 Å². The van der Waals surface area contributed by atoms with Crippen molar-refractivity contribution in [2.24, 2.45) is 0 Å². The summed E-state index contributed by atoms with van der Waals surface area (Å²) < 4.78 is 4.92. The van der Waals surface area contributed by atoms with E-state index in [0.717, 1.165) is 18.9 Å². The molecule has 4 heteroatoms. The first-order chi connectivity index (χ1) is 9.83. The minimum Gasteiger partial charge on any atom is -0.340 e. The van der Waals surface area contributed by atoms with Crippen molar-refractivity contribution in [3.8, 4) is 0 Å². The van der Waals surface area contributed by atoms with E-state index in [1.54, 1.807) is 0 Å². The molecule has 0 fully saturated rings. The fourth-order valence-electron chi connectivity index (χ4n) is 2.35. The van der Waals surface area contributed by atoms with Crippen LogP contribution >= 0.6 is 0 Å². The summed E-state index contributed by atoms with van der Waals surface area (Å²) in [6.45, 7) is 5.85. The summed E-state index contributed by atoms with van der Waals surface area (Å²) in [5, 5.41) is 7.21. The second-order valence-electron chi connectivity index (χ2n) is 5.59.